The largest absolute Gasteiger partial charge is 0.448 e. The monoisotopic (exact) mass is 355 g/mol. The Bertz CT molecular complexity index is 983. The normalized spacial score (nSPS) is 16.4. The first-order chi connectivity index (χ1) is 12.1. The molecule has 7 heteroatoms. The number of ether oxygens (including phenoxy) is 1. The molecule has 1 aliphatic heterocycles. The van der Waals surface area contributed by atoms with Crippen LogP contribution in [0.3, 0.4) is 0 Å². The molecule has 0 bridgehead atoms. The standard InChI is InChI=1S/C18H14ClN3O3/c19-12-5-6-16-21-13(10-22(16)9-12)8-20-17(23)15-7-11-3-1-2-4-14(11)18(24)25-15/h1-6,9-10,15H,7-8H2,(H,20,23). The highest BCUT2D eigenvalue weighted by Gasteiger charge is 2.30. The van der Waals surface area contributed by atoms with E-state index < -0.39 is 12.1 Å². The van der Waals surface area contributed by atoms with E-state index in [1.165, 1.54) is 0 Å². The summed E-state index contributed by atoms with van der Waals surface area (Å²) in [5, 5.41) is 3.38. The van der Waals surface area contributed by atoms with E-state index in [0.717, 1.165) is 11.2 Å². The number of nitrogens with zero attached hydrogens (tertiary/aromatic N) is 2. The summed E-state index contributed by atoms with van der Waals surface area (Å²) in [6.45, 7) is 0.244. The average Bonchev–Trinajstić information content (AvgIpc) is 3.01. The fourth-order valence-corrected chi connectivity index (χ4v) is 3.04. The Morgan fingerprint density at radius 2 is 2.12 bits per heavy atom. The molecular weight excluding hydrogens is 342 g/mol. The molecule has 3 aromatic rings. The lowest BCUT2D eigenvalue weighted by molar-refractivity contribution is -0.130. The number of aromatic nitrogens is 2. The Balaban J connectivity index is 1.44. The van der Waals surface area contributed by atoms with Crippen molar-refractivity contribution in [2.75, 3.05) is 0 Å². The molecule has 3 heterocycles. The number of halogens is 1. The Hall–Kier alpha value is -2.86. The number of nitrogens with one attached hydrogen (secondary N) is 1. The van der Waals surface area contributed by atoms with Gasteiger partial charge in [-0.1, -0.05) is 29.8 Å². The number of imidazole rings is 1. The van der Waals surface area contributed by atoms with Crippen molar-refractivity contribution < 1.29 is 14.3 Å². The zero-order valence-corrected chi connectivity index (χ0v) is 13.9. The second-order valence-corrected chi connectivity index (χ2v) is 6.25. The number of carbonyl (C=O) groups excluding carboxylic acids is 2. The molecule has 0 saturated carbocycles. The molecule has 0 saturated heterocycles. The molecule has 1 aromatic carbocycles. The number of fused-ring (bicyclic) bond motifs is 2. The van der Waals surface area contributed by atoms with E-state index in [-0.39, 0.29) is 12.5 Å². The van der Waals surface area contributed by atoms with Gasteiger partial charge < -0.3 is 14.5 Å². The maximum Gasteiger partial charge on any atom is 0.339 e. The minimum atomic E-state index is -0.825. The molecule has 4 rings (SSSR count). The summed E-state index contributed by atoms with van der Waals surface area (Å²) in [6.07, 6.45) is 3.08. The van der Waals surface area contributed by atoms with Crippen LogP contribution in [-0.2, 0) is 22.5 Å². The molecule has 1 aliphatic rings. The van der Waals surface area contributed by atoms with Gasteiger partial charge in [-0.3, -0.25) is 4.79 Å². The fourth-order valence-electron chi connectivity index (χ4n) is 2.87. The van der Waals surface area contributed by atoms with Gasteiger partial charge in [0, 0.05) is 18.8 Å². The SMILES string of the molecule is O=C1OC(C(=O)NCc2cn3cc(Cl)ccc3n2)Cc2ccccc21. The topological polar surface area (TPSA) is 72.7 Å². The maximum atomic E-state index is 12.4. The molecule has 0 spiro atoms. The number of benzene rings is 1. The van der Waals surface area contributed by atoms with Crippen molar-refractivity contribution >= 4 is 29.1 Å². The molecule has 126 valence electrons. The van der Waals surface area contributed by atoms with Crippen LogP contribution in [0.1, 0.15) is 21.6 Å². The average molecular weight is 356 g/mol. The minimum Gasteiger partial charge on any atom is -0.448 e. The van der Waals surface area contributed by atoms with E-state index in [1.54, 1.807) is 41.1 Å². The molecule has 0 aliphatic carbocycles. The van der Waals surface area contributed by atoms with E-state index in [1.807, 2.05) is 12.1 Å². The van der Waals surface area contributed by atoms with E-state index in [0.29, 0.717) is 22.7 Å². The van der Waals surface area contributed by atoms with Crippen molar-refractivity contribution in [3.63, 3.8) is 0 Å². The van der Waals surface area contributed by atoms with Crippen molar-refractivity contribution in [2.24, 2.45) is 0 Å². The van der Waals surface area contributed by atoms with E-state index in [4.69, 9.17) is 16.3 Å². The summed E-state index contributed by atoms with van der Waals surface area (Å²) in [5.74, 6) is -0.803. The van der Waals surface area contributed by atoms with Crippen LogP contribution in [0.2, 0.25) is 5.02 Å². The van der Waals surface area contributed by atoms with Crippen LogP contribution < -0.4 is 5.32 Å². The highest BCUT2D eigenvalue weighted by atomic mass is 35.5. The number of hydrogen-bond donors (Lipinski definition) is 1. The zero-order valence-electron chi connectivity index (χ0n) is 13.1. The lowest BCUT2D eigenvalue weighted by Gasteiger charge is -2.23. The van der Waals surface area contributed by atoms with Crippen molar-refractivity contribution in [1.29, 1.82) is 0 Å². The van der Waals surface area contributed by atoms with Crippen molar-refractivity contribution in [1.82, 2.24) is 14.7 Å². The highest BCUT2D eigenvalue weighted by molar-refractivity contribution is 6.30. The molecule has 0 radical (unpaired) electrons. The molecule has 2 aromatic heterocycles. The zero-order chi connectivity index (χ0) is 17.4. The minimum absolute atomic E-state index is 0.244. The first-order valence-electron chi connectivity index (χ1n) is 7.80. The summed E-state index contributed by atoms with van der Waals surface area (Å²) < 4.78 is 7.04. The van der Waals surface area contributed by atoms with Crippen LogP contribution in [0.15, 0.2) is 48.8 Å². The first kappa shape index (κ1) is 15.7. The van der Waals surface area contributed by atoms with Gasteiger partial charge in [0.25, 0.3) is 5.91 Å². The Morgan fingerprint density at radius 1 is 1.28 bits per heavy atom. The predicted molar refractivity (Wildman–Crippen MR) is 91.4 cm³/mol. The highest BCUT2D eigenvalue weighted by Crippen LogP contribution is 2.20. The molecule has 25 heavy (non-hydrogen) atoms. The number of esters is 1. The van der Waals surface area contributed by atoms with E-state index in [2.05, 4.69) is 10.3 Å². The van der Waals surface area contributed by atoms with Crippen molar-refractivity contribution in [2.45, 2.75) is 19.1 Å². The number of carbonyl (C=O) groups is 2. The third-order valence-electron chi connectivity index (χ3n) is 4.09. The van der Waals surface area contributed by atoms with Crippen LogP contribution in [0.4, 0.5) is 0 Å². The molecule has 1 N–H and O–H groups in total. The van der Waals surface area contributed by atoms with Crippen LogP contribution in [0.25, 0.3) is 5.65 Å². The second kappa shape index (κ2) is 6.22. The van der Waals surface area contributed by atoms with Crippen molar-refractivity contribution in [3.05, 3.63) is 70.6 Å². The molecule has 1 amide bonds. The number of pyridine rings is 1. The molecule has 1 unspecified atom stereocenters. The number of hydrogen-bond acceptors (Lipinski definition) is 4. The summed E-state index contributed by atoms with van der Waals surface area (Å²) in [7, 11) is 0. The van der Waals surface area contributed by atoms with Gasteiger partial charge >= 0.3 is 5.97 Å². The maximum absolute atomic E-state index is 12.4. The fraction of sp³-hybridized carbons (Fsp3) is 0.167. The van der Waals surface area contributed by atoms with Crippen molar-refractivity contribution in [3.8, 4) is 0 Å². The van der Waals surface area contributed by atoms with Gasteiger partial charge in [0.05, 0.1) is 22.8 Å². The smallest absolute Gasteiger partial charge is 0.339 e. The second-order valence-electron chi connectivity index (χ2n) is 5.82. The Morgan fingerprint density at radius 3 is 3.00 bits per heavy atom. The first-order valence-corrected chi connectivity index (χ1v) is 8.18. The van der Waals surface area contributed by atoms with E-state index in [9.17, 15) is 9.59 Å². The molecule has 6 nitrogen and oxygen atoms in total. The third kappa shape index (κ3) is 3.08. The van der Waals surface area contributed by atoms with Gasteiger partial charge in [0.1, 0.15) is 5.65 Å². The Kier molecular flexibility index (Phi) is 3.89. The Labute approximate surface area is 148 Å². The van der Waals surface area contributed by atoms with Gasteiger partial charge in [-0.2, -0.15) is 0 Å². The summed E-state index contributed by atoms with van der Waals surface area (Å²) in [5.41, 5.74) is 2.77. The van der Waals surface area contributed by atoms with Crippen LogP contribution in [-0.4, -0.2) is 27.4 Å². The van der Waals surface area contributed by atoms with Gasteiger partial charge in [0.15, 0.2) is 6.10 Å². The van der Waals surface area contributed by atoms with Gasteiger partial charge in [-0.25, -0.2) is 9.78 Å². The quantitative estimate of drug-likeness (QED) is 0.732. The number of rotatable bonds is 3. The third-order valence-corrected chi connectivity index (χ3v) is 4.32. The van der Waals surface area contributed by atoms with Crippen LogP contribution >= 0.6 is 11.6 Å². The number of amides is 1. The summed E-state index contributed by atoms with van der Waals surface area (Å²) in [4.78, 5) is 28.7. The molecular formula is C18H14ClN3O3. The van der Waals surface area contributed by atoms with Gasteiger partial charge in [0.2, 0.25) is 0 Å². The summed E-state index contributed by atoms with van der Waals surface area (Å²) >= 11 is 5.95. The summed E-state index contributed by atoms with van der Waals surface area (Å²) in [6, 6.07) is 10.7. The van der Waals surface area contributed by atoms with Crippen LogP contribution in [0.5, 0.6) is 0 Å². The van der Waals surface area contributed by atoms with E-state index >= 15 is 0 Å². The number of cyclic esters (lactones) is 1. The molecule has 1 atom stereocenters. The predicted octanol–water partition coefficient (Wildman–Crippen LogP) is 2.39. The van der Waals surface area contributed by atoms with Crippen LogP contribution in [0, 0.1) is 0 Å². The lowest BCUT2D eigenvalue weighted by atomic mass is 9.98. The molecule has 0 fully saturated rings. The van der Waals surface area contributed by atoms with Gasteiger partial charge in [-0.05, 0) is 23.8 Å². The lowest BCUT2D eigenvalue weighted by Crippen LogP contribution is -2.41. The van der Waals surface area contributed by atoms with Gasteiger partial charge in [-0.15, -0.1) is 0 Å².